The van der Waals surface area contributed by atoms with Crippen molar-refractivity contribution < 1.29 is 5.11 Å². The number of nitrogens with zero attached hydrogens (tertiary/aromatic N) is 2. The fraction of sp³-hybridized carbons (Fsp3) is 0.533. The summed E-state index contributed by atoms with van der Waals surface area (Å²) >= 11 is 0. The van der Waals surface area contributed by atoms with Crippen molar-refractivity contribution in [3.05, 3.63) is 29.1 Å². The Morgan fingerprint density at radius 1 is 1.28 bits per heavy atom. The summed E-state index contributed by atoms with van der Waals surface area (Å²) in [7, 11) is 0. The molecule has 0 aliphatic carbocycles. The number of aromatic nitrogens is 2. The van der Waals surface area contributed by atoms with Gasteiger partial charge < -0.3 is 9.67 Å². The van der Waals surface area contributed by atoms with Gasteiger partial charge in [0.15, 0.2) is 0 Å². The maximum absolute atomic E-state index is 9.86. The molecule has 1 atom stereocenters. The number of aliphatic hydroxyl groups excluding tert-OH is 1. The van der Waals surface area contributed by atoms with Gasteiger partial charge in [-0.05, 0) is 50.5 Å². The molecule has 98 valence electrons. The van der Waals surface area contributed by atoms with Crippen molar-refractivity contribution in [3.8, 4) is 0 Å². The van der Waals surface area contributed by atoms with E-state index in [0.717, 1.165) is 36.2 Å². The van der Waals surface area contributed by atoms with Crippen LogP contribution >= 0.6 is 0 Å². The highest BCUT2D eigenvalue weighted by molar-refractivity contribution is 5.78. The molecule has 1 N–H and O–H groups in total. The number of aryl methyl sites for hydroxylation is 3. The average molecular weight is 246 g/mol. The number of aliphatic hydroxyl groups is 1. The van der Waals surface area contributed by atoms with Gasteiger partial charge in [-0.1, -0.05) is 13.3 Å². The van der Waals surface area contributed by atoms with E-state index in [-0.39, 0.29) is 0 Å². The van der Waals surface area contributed by atoms with Gasteiger partial charge in [0.25, 0.3) is 0 Å². The predicted molar refractivity (Wildman–Crippen MR) is 74.7 cm³/mol. The molecule has 1 aromatic heterocycles. The van der Waals surface area contributed by atoms with Crippen LogP contribution in [0, 0.1) is 13.8 Å². The zero-order chi connectivity index (χ0) is 13.3. The molecule has 0 bridgehead atoms. The van der Waals surface area contributed by atoms with E-state index >= 15 is 0 Å². The highest BCUT2D eigenvalue weighted by Gasteiger charge is 2.15. The molecule has 18 heavy (non-hydrogen) atoms. The molecular formula is C15H22N2O. The summed E-state index contributed by atoms with van der Waals surface area (Å²) in [5, 5.41) is 9.86. The second-order valence-corrected chi connectivity index (χ2v) is 5.08. The van der Waals surface area contributed by atoms with Crippen LogP contribution in [0.5, 0.6) is 0 Å². The van der Waals surface area contributed by atoms with Gasteiger partial charge in [0, 0.05) is 6.54 Å². The van der Waals surface area contributed by atoms with Gasteiger partial charge >= 0.3 is 0 Å². The van der Waals surface area contributed by atoms with Gasteiger partial charge in [-0.2, -0.15) is 0 Å². The minimum Gasteiger partial charge on any atom is -0.385 e. The third-order valence-electron chi connectivity index (χ3n) is 3.50. The van der Waals surface area contributed by atoms with E-state index in [1.807, 2.05) is 0 Å². The molecule has 2 rings (SSSR count). The zero-order valence-corrected chi connectivity index (χ0v) is 11.7. The normalized spacial score (nSPS) is 13.2. The number of hydrogen-bond donors (Lipinski definition) is 1. The maximum Gasteiger partial charge on any atom is 0.138 e. The number of benzene rings is 1. The molecule has 0 fully saturated rings. The van der Waals surface area contributed by atoms with Crippen molar-refractivity contribution in [1.29, 1.82) is 0 Å². The van der Waals surface area contributed by atoms with Gasteiger partial charge in [-0.15, -0.1) is 0 Å². The van der Waals surface area contributed by atoms with Crippen LogP contribution in [0.4, 0.5) is 0 Å². The van der Waals surface area contributed by atoms with Crippen molar-refractivity contribution in [2.45, 2.75) is 53.2 Å². The van der Waals surface area contributed by atoms with Gasteiger partial charge in [0.2, 0.25) is 0 Å². The Labute approximate surface area is 108 Å². The van der Waals surface area contributed by atoms with Gasteiger partial charge in [0.05, 0.1) is 11.0 Å². The average Bonchev–Trinajstić information content (AvgIpc) is 2.65. The fourth-order valence-corrected chi connectivity index (χ4v) is 2.27. The van der Waals surface area contributed by atoms with Gasteiger partial charge in [-0.25, -0.2) is 4.98 Å². The molecular weight excluding hydrogens is 224 g/mol. The Kier molecular flexibility index (Phi) is 3.71. The molecule has 3 nitrogen and oxygen atoms in total. The topological polar surface area (TPSA) is 38.0 Å². The number of rotatable bonds is 4. The molecule has 1 aromatic carbocycles. The monoisotopic (exact) mass is 246 g/mol. The fourth-order valence-electron chi connectivity index (χ4n) is 2.27. The van der Waals surface area contributed by atoms with Crippen molar-refractivity contribution >= 4 is 11.0 Å². The van der Waals surface area contributed by atoms with E-state index in [0.29, 0.717) is 0 Å². The summed E-state index contributed by atoms with van der Waals surface area (Å²) in [6, 6.07) is 4.29. The maximum atomic E-state index is 9.86. The molecule has 0 radical (unpaired) electrons. The van der Waals surface area contributed by atoms with Crippen molar-refractivity contribution in [2.75, 3.05) is 0 Å². The second-order valence-electron chi connectivity index (χ2n) is 5.08. The lowest BCUT2D eigenvalue weighted by atomic mass is 10.1. The first-order chi connectivity index (χ1) is 8.54. The molecule has 1 unspecified atom stereocenters. The molecule has 0 amide bonds. The first kappa shape index (κ1) is 13.1. The molecule has 0 spiro atoms. The Bertz CT molecular complexity index is 555. The van der Waals surface area contributed by atoms with E-state index in [9.17, 15) is 5.11 Å². The molecule has 1 heterocycles. The Balaban J connectivity index is 2.61. The highest BCUT2D eigenvalue weighted by atomic mass is 16.3. The third kappa shape index (κ3) is 2.27. The van der Waals surface area contributed by atoms with Crippen molar-refractivity contribution in [1.82, 2.24) is 9.55 Å². The van der Waals surface area contributed by atoms with E-state index in [2.05, 4.69) is 42.5 Å². The quantitative estimate of drug-likeness (QED) is 0.896. The SMILES string of the molecule is CCCCn1c(C(C)O)nc2cc(C)c(C)cc21. The van der Waals surface area contributed by atoms with E-state index in [1.54, 1.807) is 6.92 Å². The summed E-state index contributed by atoms with van der Waals surface area (Å²) < 4.78 is 2.16. The number of fused-ring (bicyclic) bond motifs is 1. The largest absolute Gasteiger partial charge is 0.385 e. The number of unbranched alkanes of at least 4 members (excludes halogenated alkanes) is 1. The first-order valence-electron chi connectivity index (χ1n) is 6.70. The molecule has 3 heteroatoms. The summed E-state index contributed by atoms with van der Waals surface area (Å²) in [6.45, 7) is 9.10. The molecule has 0 aliphatic rings. The molecule has 0 aliphatic heterocycles. The van der Waals surface area contributed by atoms with Crippen LogP contribution in [-0.4, -0.2) is 14.7 Å². The lowest BCUT2D eigenvalue weighted by molar-refractivity contribution is 0.184. The van der Waals surface area contributed by atoms with Crippen LogP contribution in [0.1, 0.15) is 49.7 Å². The minimum atomic E-state index is -0.519. The summed E-state index contributed by atoms with van der Waals surface area (Å²) in [5.41, 5.74) is 4.66. The summed E-state index contributed by atoms with van der Waals surface area (Å²) in [5.74, 6) is 0.781. The van der Waals surface area contributed by atoms with Crippen LogP contribution in [0.3, 0.4) is 0 Å². The Hall–Kier alpha value is -1.35. The third-order valence-corrected chi connectivity index (χ3v) is 3.50. The van der Waals surface area contributed by atoms with Crippen LogP contribution in [-0.2, 0) is 6.54 Å². The molecule has 0 saturated heterocycles. The van der Waals surface area contributed by atoms with Crippen molar-refractivity contribution in [2.24, 2.45) is 0 Å². The molecule has 0 saturated carbocycles. The standard InChI is InChI=1S/C15H22N2O/c1-5-6-7-17-14-9-11(3)10(2)8-13(14)16-15(17)12(4)18/h8-9,12,18H,5-7H2,1-4H3. The summed E-state index contributed by atoms with van der Waals surface area (Å²) in [6.07, 6.45) is 1.73. The lowest BCUT2D eigenvalue weighted by Crippen LogP contribution is -2.06. The van der Waals surface area contributed by atoms with Crippen LogP contribution in [0.15, 0.2) is 12.1 Å². The van der Waals surface area contributed by atoms with Crippen molar-refractivity contribution in [3.63, 3.8) is 0 Å². The van der Waals surface area contributed by atoms with Crippen LogP contribution in [0.25, 0.3) is 11.0 Å². The Morgan fingerprint density at radius 2 is 1.94 bits per heavy atom. The Morgan fingerprint density at radius 3 is 2.56 bits per heavy atom. The molecule has 2 aromatic rings. The highest BCUT2D eigenvalue weighted by Crippen LogP contribution is 2.24. The van der Waals surface area contributed by atoms with Gasteiger partial charge in [0.1, 0.15) is 11.9 Å². The lowest BCUT2D eigenvalue weighted by Gasteiger charge is -2.10. The zero-order valence-electron chi connectivity index (χ0n) is 11.7. The van der Waals surface area contributed by atoms with E-state index in [1.165, 1.54) is 11.1 Å². The second kappa shape index (κ2) is 5.11. The first-order valence-corrected chi connectivity index (χ1v) is 6.70. The number of hydrogen-bond acceptors (Lipinski definition) is 2. The smallest absolute Gasteiger partial charge is 0.138 e. The van der Waals surface area contributed by atoms with Crippen LogP contribution < -0.4 is 0 Å². The van der Waals surface area contributed by atoms with E-state index < -0.39 is 6.10 Å². The van der Waals surface area contributed by atoms with Crippen LogP contribution in [0.2, 0.25) is 0 Å². The van der Waals surface area contributed by atoms with E-state index in [4.69, 9.17) is 0 Å². The minimum absolute atomic E-state index is 0.519. The summed E-state index contributed by atoms with van der Waals surface area (Å²) in [4.78, 5) is 4.58. The predicted octanol–water partition coefficient (Wildman–Crippen LogP) is 3.51. The van der Waals surface area contributed by atoms with Gasteiger partial charge in [-0.3, -0.25) is 0 Å². The number of imidazole rings is 1.